The summed E-state index contributed by atoms with van der Waals surface area (Å²) < 4.78 is 6.34. The van der Waals surface area contributed by atoms with Crippen molar-refractivity contribution >= 4 is 22.4 Å². The molecular formula is C26H31ClN2O2. The van der Waals surface area contributed by atoms with E-state index in [4.69, 9.17) is 22.1 Å². The molecule has 0 saturated heterocycles. The number of ether oxygens (including phenoxy) is 1. The Bertz CT molecular complexity index is 1090. The lowest BCUT2D eigenvalue weighted by Crippen LogP contribution is -2.49. The van der Waals surface area contributed by atoms with Gasteiger partial charge in [-0.25, -0.2) is 0 Å². The number of aromatic amines is 1. The fraction of sp³-hybridized carbons (Fsp3) is 0.423. The topological polar surface area (TPSA) is 68.1 Å². The van der Waals surface area contributed by atoms with Crippen molar-refractivity contribution in [3.05, 3.63) is 75.7 Å². The Morgan fingerprint density at radius 1 is 1.16 bits per heavy atom. The molecule has 31 heavy (non-hydrogen) atoms. The van der Waals surface area contributed by atoms with Crippen LogP contribution in [0.2, 0.25) is 5.02 Å². The Hall–Kier alpha value is -2.30. The molecule has 5 heteroatoms. The van der Waals surface area contributed by atoms with Crippen LogP contribution in [0.3, 0.4) is 0 Å². The number of nitrogens with one attached hydrogen (secondary N) is 1. The SMILES string of the molecule is CC(C)C[C@H](N)[C@]1(c2ccccc2)CC[C@H](Oc2cc3cc[nH]c(=O)c3cc2Cl)CC1. The van der Waals surface area contributed by atoms with Crippen molar-refractivity contribution in [1.29, 1.82) is 0 Å². The van der Waals surface area contributed by atoms with Gasteiger partial charge in [-0.15, -0.1) is 0 Å². The van der Waals surface area contributed by atoms with Crippen molar-refractivity contribution in [3.8, 4) is 5.75 Å². The molecule has 1 aliphatic carbocycles. The summed E-state index contributed by atoms with van der Waals surface area (Å²) in [5.41, 5.74) is 7.99. The van der Waals surface area contributed by atoms with E-state index in [2.05, 4.69) is 49.2 Å². The van der Waals surface area contributed by atoms with Crippen molar-refractivity contribution in [1.82, 2.24) is 4.98 Å². The van der Waals surface area contributed by atoms with Gasteiger partial charge in [0.15, 0.2) is 0 Å². The first-order valence-corrected chi connectivity index (χ1v) is 11.6. The maximum absolute atomic E-state index is 12.0. The molecule has 0 amide bonds. The molecule has 164 valence electrons. The number of aromatic nitrogens is 1. The molecule has 0 unspecified atom stereocenters. The molecule has 1 aromatic heterocycles. The third kappa shape index (κ3) is 4.51. The van der Waals surface area contributed by atoms with Crippen LogP contribution in [0.25, 0.3) is 10.8 Å². The maximum atomic E-state index is 12.0. The van der Waals surface area contributed by atoms with E-state index in [0.29, 0.717) is 22.1 Å². The van der Waals surface area contributed by atoms with Crippen molar-refractivity contribution in [2.75, 3.05) is 0 Å². The molecule has 0 bridgehead atoms. The molecule has 4 nitrogen and oxygen atoms in total. The van der Waals surface area contributed by atoms with Gasteiger partial charge in [0.05, 0.1) is 11.1 Å². The van der Waals surface area contributed by atoms with Crippen molar-refractivity contribution in [2.45, 2.75) is 63.5 Å². The van der Waals surface area contributed by atoms with Gasteiger partial charge >= 0.3 is 0 Å². The van der Waals surface area contributed by atoms with Gasteiger partial charge < -0.3 is 15.5 Å². The minimum absolute atomic E-state index is 0.0220. The van der Waals surface area contributed by atoms with Crippen LogP contribution in [0.15, 0.2) is 59.5 Å². The van der Waals surface area contributed by atoms with E-state index in [9.17, 15) is 4.79 Å². The minimum Gasteiger partial charge on any atom is -0.489 e. The lowest BCUT2D eigenvalue weighted by molar-refractivity contribution is 0.100. The highest BCUT2D eigenvalue weighted by Gasteiger charge is 2.42. The van der Waals surface area contributed by atoms with E-state index in [1.807, 2.05) is 12.1 Å². The second-order valence-electron chi connectivity index (χ2n) is 9.25. The average Bonchev–Trinajstić information content (AvgIpc) is 2.76. The Balaban J connectivity index is 1.54. The summed E-state index contributed by atoms with van der Waals surface area (Å²) in [7, 11) is 0. The quantitative estimate of drug-likeness (QED) is 0.509. The highest BCUT2D eigenvalue weighted by molar-refractivity contribution is 6.32. The van der Waals surface area contributed by atoms with Crippen LogP contribution < -0.4 is 16.0 Å². The Morgan fingerprint density at radius 3 is 2.55 bits per heavy atom. The van der Waals surface area contributed by atoms with Crippen LogP contribution in [0.4, 0.5) is 0 Å². The predicted octanol–water partition coefficient (Wildman–Crippen LogP) is 5.81. The van der Waals surface area contributed by atoms with Crippen LogP contribution in [0, 0.1) is 5.92 Å². The first-order chi connectivity index (χ1) is 14.9. The van der Waals surface area contributed by atoms with Crippen LogP contribution >= 0.6 is 11.6 Å². The zero-order chi connectivity index (χ0) is 22.0. The number of rotatable bonds is 6. The fourth-order valence-electron chi connectivity index (χ4n) is 5.06. The van der Waals surface area contributed by atoms with E-state index in [0.717, 1.165) is 37.5 Å². The van der Waals surface area contributed by atoms with Crippen LogP contribution in [0.5, 0.6) is 5.75 Å². The number of hydrogen-bond donors (Lipinski definition) is 2. The third-order valence-electron chi connectivity index (χ3n) is 6.73. The van der Waals surface area contributed by atoms with Crippen molar-refractivity contribution in [3.63, 3.8) is 0 Å². The molecule has 0 spiro atoms. The van der Waals surface area contributed by atoms with Gasteiger partial charge in [0.2, 0.25) is 0 Å². The number of halogens is 1. The lowest BCUT2D eigenvalue weighted by atomic mass is 9.63. The molecule has 4 rings (SSSR count). The summed E-state index contributed by atoms with van der Waals surface area (Å²) in [6.07, 6.45) is 6.55. The van der Waals surface area contributed by atoms with Gasteiger partial charge in [-0.05, 0) is 67.2 Å². The Morgan fingerprint density at radius 2 is 1.87 bits per heavy atom. The van der Waals surface area contributed by atoms with E-state index in [1.165, 1.54) is 5.56 Å². The summed E-state index contributed by atoms with van der Waals surface area (Å²) >= 11 is 6.46. The van der Waals surface area contributed by atoms with E-state index in [-0.39, 0.29) is 23.1 Å². The number of benzene rings is 2. The van der Waals surface area contributed by atoms with Gasteiger partial charge in [-0.2, -0.15) is 0 Å². The highest BCUT2D eigenvalue weighted by Crippen LogP contribution is 2.44. The summed E-state index contributed by atoms with van der Waals surface area (Å²) in [6.45, 7) is 4.47. The summed E-state index contributed by atoms with van der Waals surface area (Å²) in [5, 5.41) is 1.88. The van der Waals surface area contributed by atoms with Crippen LogP contribution in [-0.2, 0) is 5.41 Å². The second kappa shape index (κ2) is 9.05. The molecule has 3 aromatic rings. The van der Waals surface area contributed by atoms with Gasteiger partial charge in [0, 0.05) is 23.0 Å². The Labute approximate surface area is 188 Å². The standard InChI is InChI=1S/C26H31ClN2O2/c1-17(2)14-24(28)26(19-6-4-3-5-7-19)11-8-20(9-12-26)31-23-15-18-10-13-29-25(30)21(18)16-22(23)27/h3-7,10,13,15-17,20,24H,8-9,11-12,14,28H2,1-2H3,(H,29,30)/t20-,24-,26+/m0/s1. The van der Waals surface area contributed by atoms with Crippen molar-refractivity contribution in [2.24, 2.45) is 11.7 Å². The molecule has 0 radical (unpaired) electrons. The predicted molar refractivity (Wildman–Crippen MR) is 128 cm³/mol. The number of fused-ring (bicyclic) bond motifs is 1. The fourth-order valence-corrected chi connectivity index (χ4v) is 5.27. The molecule has 2 aromatic carbocycles. The van der Waals surface area contributed by atoms with E-state index in [1.54, 1.807) is 12.3 Å². The molecule has 1 aliphatic rings. The molecule has 3 N–H and O–H groups in total. The van der Waals surface area contributed by atoms with E-state index < -0.39 is 0 Å². The first-order valence-electron chi connectivity index (χ1n) is 11.2. The number of pyridine rings is 1. The van der Waals surface area contributed by atoms with Crippen LogP contribution in [-0.4, -0.2) is 17.1 Å². The third-order valence-corrected chi connectivity index (χ3v) is 7.02. The van der Waals surface area contributed by atoms with E-state index >= 15 is 0 Å². The van der Waals surface area contributed by atoms with Gasteiger partial charge in [-0.1, -0.05) is 55.8 Å². The number of nitrogens with two attached hydrogens (primary N) is 1. The zero-order valence-electron chi connectivity index (χ0n) is 18.2. The molecular weight excluding hydrogens is 408 g/mol. The normalized spacial score (nSPS) is 22.5. The summed E-state index contributed by atoms with van der Waals surface area (Å²) in [4.78, 5) is 14.7. The Kier molecular flexibility index (Phi) is 6.40. The summed E-state index contributed by atoms with van der Waals surface area (Å²) in [6, 6.07) is 16.3. The maximum Gasteiger partial charge on any atom is 0.255 e. The first kappa shape index (κ1) is 21.9. The van der Waals surface area contributed by atoms with Crippen LogP contribution in [0.1, 0.15) is 51.5 Å². The van der Waals surface area contributed by atoms with Gasteiger partial charge in [0.25, 0.3) is 5.56 Å². The lowest BCUT2D eigenvalue weighted by Gasteiger charge is -2.45. The monoisotopic (exact) mass is 438 g/mol. The highest BCUT2D eigenvalue weighted by atomic mass is 35.5. The number of hydrogen-bond acceptors (Lipinski definition) is 3. The van der Waals surface area contributed by atoms with Gasteiger partial charge in [0.1, 0.15) is 5.75 Å². The number of H-pyrrole nitrogens is 1. The van der Waals surface area contributed by atoms with Gasteiger partial charge in [-0.3, -0.25) is 4.79 Å². The average molecular weight is 439 g/mol. The summed E-state index contributed by atoms with van der Waals surface area (Å²) in [5.74, 6) is 1.20. The molecule has 1 saturated carbocycles. The molecule has 1 atom stereocenters. The zero-order valence-corrected chi connectivity index (χ0v) is 19.0. The second-order valence-corrected chi connectivity index (χ2v) is 9.66. The molecule has 1 heterocycles. The molecule has 0 aliphatic heterocycles. The molecule has 1 fully saturated rings. The minimum atomic E-state index is -0.143. The largest absolute Gasteiger partial charge is 0.489 e. The van der Waals surface area contributed by atoms with Crippen molar-refractivity contribution < 1.29 is 4.74 Å². The smallest absolute Gasteiger partial charge is 0.255 e.